The van der Waals surface area contributed by atoms with Gasteiger partial charge >= 0.3 is 0 Å². The quantitative estimate of drug-likeness (QED) is 0.754. The van der Waals surface area contributed by atoms with Gasteiger partial charge in [-0.2, -0.15) is 0 Å². The van der Waals surface area contributed by atoms with E-state index >= 15 is 0 Å². The number of hydrogen-bond acceptors (Lipinski definition) is 2. The van der Waals surface area contributed by atoms with Crippen molar-refractivity contribution < 1.29 is 4.74 Å². The van der Waals surface area contributed by atoms with Gasteiger partial charge < -0.3 is 10.5 Å². The minimum Gasteiger partial charge on any atom is -0.374 e. The Labute approximate surface area is 87.2 Å². The second-order valence-electron chi connectivity index (χ2n) is 5.23. The maximum absolute atomic E-state index is 6.14. The average Bonchev–Trinajstić information content (AvgIpc) is 2.69. The zero-order chi connectivity index (χ0) is 10.2. The van der Waals surface area contributed by atoms with Crippen LogP contribution in [0.5, 0.6) is 0 Å². The molecule has 0 saturated heterocycles. The normalized spacial score (nSPS) is 43.9. The van der Waals surface area contributed by atoms with Crippen LogP contribution in [-0.4, -0.2) is 18.2 Å². The molecule has 2 nitrogen and oxygen atoms in total. The summed E-state index contributed by atoms with van der Waals surface area (Å²) in [5.41, 5.74) is 6.30. The Morgan fingerprint density at radius 3 is 2.50 bits per heavy atom. The van der Waals surface area contributed by atoms with Gasteiger partial charge in [-0.1, -0.05) is 26.7 Å². The van der Waals surface area contributed by atoms with Crippen molar-refractivity contribution in [3.8, 4) is 0 Å². The molecule has 3 atom stereocenters. The van der Waals surface area contributed by atoms with E-state index in [0.717, 1.165) is 12.8 Å². The molecule has 2 N–H and O–H groups in total. The molecule has 2 aliphatic rings. The van der Waals surface area contributed by atoms with Crippen LogP contribution in [-0.2, 0) is 4.74 Å². The Morgan fingerprint density at radius 1 is 1.36 bits per heavy atom. The summed E-state index contributed by atoms with van der Waals surface area (Å²) >= 11 is 0. The molecule has 14 heavy (non-hydrogen) atoms. The highest BCUT2D eigenvalue weighted by Gasteiger charge is 2.50. The zero-order valence-corrected chi connectivity index (χ0v) is 9.46. The third-order valence-electron chi connectivity index (χ3n) is 4.47. The second kappa shape index (κ2) is 3.82. The van der Waals surface area contributed by atoms with E-state index in [1.165, 1.54) is 25.7 Å². The van der Waals surface area contributed by atoms with Crippen molar-refractivity contribution in [3.63, 3.8) is 0 Å². The first-order valence-electron chi connectivity index (χ1n) is 6.08. The number of rotatable bonds is 3. The van der Waals surface area contributed by atoms with Gasteiger partial charge in [0.25, 0.3) is 0 Å². The molecule has 2 aliphatic carbocycles. The molecule has 82 valence electrons. The van der Waals surface area contributed by atoms with Crippen LogP contribution in [0.4, 0.5) is 0 Å². The summed E-state index contributed by atoms with van der Waals surface area (Å²) in [5, 5.41) is 0. The fourth-order valence-electron chi connectivity index (χ4n) is 2.80. The molecule has 0 heterocycles. The van der Waals surface area contributed by atoms with Gasteiger partial charge in [-0.25, -0.2) is 0 Å². The second-order valence-corrected chi connectivity index (χ2v) is 5.23. The van der Waals surface area contributed by atoms with E-state index in [-0.39, 0.29) is 5.41 Å². The van der Waals surface area contributed by atoms with Gasteiger partial charge in [-0.05, 0) is 25.7 Å². The minimum absolute atomic E-state index is 0.253. The lowest BCUT2D eigenvalue weighted by Gasteiger charge is -2.52. The molecule has 0 radical (unpaired) electrons. The maximum Gasteiger partial charge on any atom is 0.0662 e. The highest BCUT2D eigenvalue weighted by atomic mass is 16.5. The first-order valence-corrected chi connectivity index (χ1v) is 6.08. The number of nitrogens with two attached hydrogens (primary N) is 1. The number of ether oxygens (including phenoxy) is 1. The minimum atomic E-state index is 0.253. The van der Waals surface area contributed by atoms with E-state index in [1.54, 1.807) is 0 Å². The van der Waals surface area contributed by atoms with E-state index in [4.69, 9.17) is 10.5 Å². The molecule has 2 rings (SSSR count). The maximum atomic E-state index is 6.14. The van der Waals surface area contributed by atoms with Crippen LogP contribution in [0.2, 0.25) is 0 Å². The van der Waals surface area contributed by atoms with E-state index in [9.17, 15) is 0 Å². The lowest BCUT2D eigenvalue weighted by molar-refractivity contribution is -0.146. The third-order valence-corrected chi connectivity index (χ3v) is 4.47. The molecule has 2 saturated carbocycles. The summed E-state index contributed by atoms with van der Waals surface area (Å²) < 4.78 is 6.14. The summed E-state index contributed by atoms with van der Waals surface area (Å²) in [6.45, 7) is 4.50. The van der Waals surface area contributed by atoms with Crippen molar-refractivity contribution in [2.75, 3.05) is 0 Å². The fourth-order valence-corrected chi connectivity index (χ4v) is 2.80. The summed E-state index contributed by atoms with van der Waals surface area (Å²) in [6.07, 6.45) is 8.44. The van der Waals surface area contributed by atoms with Gasteiger partial charge in [0.15, 0.2) is 0 Å². The molecular formula is C12H23NO. The highest BCUT2D eigenvalue weighted by molar-refractivity contribution is 5.03. The molecule has 0 spiro atoms. The van der Waals surface area contributed by atoms with Gasteiger partial charge in [0.05, 0.1) is 12.2 Å². The van der Waals surface area contributed by atoms with E-state index in [0.29, 0.717) is 18.2 Å². The Bertz CT molecular complexity index is 200. The molecule has 0 amide bonds. The molecule has 0 aliphatic heterocycles. The van der Waals surface area contributed by atoms with Crippen LogP contribution in [0.1, 0.15) is 52.4 Å². The molecule has 0 aromatic rings. The van der Waals surface area contributed by atoms with Crippen molar-refractivity contribution in [1.29, 1.82) is 0 Å². The smallest absolute Gasteiger partial charge is 0.0662 e. The molecule has 0 bridgehead atoms. The van der Waals surface area contributed by atoms with Gasteiger partial charge in [-0.3, -0.25) is 0 Å². The Balaban J connectivity index is 1.87. The predicted octanol–water partition coefficient (Wildman–Crippen LogP) is 2.46. The van der Waals surface area contributed by atoms with Crippen LogP contribution in [0, 0.1) is 5.41 Å². The van der Waals surface area contributed by atoms with Crippen LogP contribution >= 0.6 is 0 Å². The van der Waals surface area contributed by atoms with Gasteiger partial charge in [0.1, 0.15) is 0 Å². The van der Waals surface area contributed by atoms with Crippen LogP contribution in [0.15, 0.2) is 0 Å². The summed E-state index contributed by atoms with van der Waals surface area (Å²) in [4.78, 5) is 0. The van der Waals surface area contributed by atoms with Crippen LogP contribution in [0.25, 0.3) is 0 Å². The van der Waals surface area contributed by atoms with E-state index in [2.05, 4.69) is 13.8 Å². The van der Waals surface area contributed by atoms with Crippen molar-refractivity contribution in [1.82, 2.24) is 0 Å². The van der Waals surface area contributed by atoms with Gasteiger partial charge in [-0.15, -0.1) is 0 Å². The predicted molar refractivity (Wildman–Crippen MR) is 58.1 cm³/mol. The summed E-state index contributed by atoms with van der Waals surface area (Å²) in [7, 11) is 0. The van der Waals surface area contributed by atoms with E-state index < -0.39 is 0 Å². The Hall–Kier alpha value is -0.0800. The van der Waals surface area contributed by atoms with Gasteiger partial charge in [0.2, 0.25) is 0 Å². The monoisotopic (exact) mass is 197 g/mol. The van der Waals surface area contributed by atoms with E-state index in [1.807, 2.05) is 0 Å². The molecule has 2 heteroatoms. The molecule has 3 unspecified atom stereocenters. The largest absolute Gasteiger partial charge is 0.374 e. The van der Waals surface area contributed by atoms with Crippen molar-refractivity contribution in [2.24, 2.45) is 11.1 Å². The molecule has 0 aromatic heterocycles. The molecule has 2 fully saturated rings. The standard InChI is InChI=1S/C12H23NO/c1-3-12(2)10(13)8-11(12)14-9-6-4-5-7-9/h9-11H,3-8,13H2,1-2H3. The average molecular weight is 197 g/mol. The zero-order valence-electron chi connectivity index (χ0n) is 9.46. The lowest BCUT2D eigenvalue weighted by Crippen LogP contribution is -2.61. The highest BCUT2D eigenvalue weighted by Crippen LogP contribution is 2.46. The topological polar surface area (TPSA) is 35.2 Å². The van der Waals surface area contributed by atoms with Crippen molar-refractivity contribution in [3.05, 3.63) is 0 Å². The SMILES string of the molecule is CCC1(C)C(N)CC1OC1CCCC1. The Morgan fingerprint density at radius 2 is 2.00 bits per heavy atom. The molecular weight excluding hydrogens is 174 g/mol. The Kier molecular flexibility index (Phi) is 2.85. The number of hydrogen-bond donors (Lipinski definition) is 1. The molecule has 0 aromatic carbocycles. The van der Waals surface area contributed by atoms with Crippen molar-refractivity contribution in [2.45, 2.75) is 70.6 Å². The summed E-state index contributed by atoms with van der Waals surface area (Å²) in [6, 6.07) is 0.360. The van der Waals surface area contributed by atoms with Crippen molar-refractivity contribution >= 4 is 0 Å². The fraction of sp³-hybridized carbons (Fsp3) is 1.00. The first kappa shape index (κ1) is 10.4. The van der Waals surface area contributed by atoms with Crippen LogP contribution < -0.4 is 5.73 Å². The third kappa shape index (κ3) is 1.59. The lowest BCUT2D eigenvalue weighted by atomic mass is 9.62. The van der Waals surface area contributed by atoms with Crippen LogP contribution in [0.3, 0.4) is 0 Å². The first-order chi connectivity index (χ1) is 6.66. The van der Waals surface area contributed by atoms with Gasteiger partial charge in [0, 0.05) is 11.5 Å². The summed E-state index contributed by atoms with van der Waals surface area (Å²) in [5.74, 6) is 0.